The molecule has 0 fully saturated rings. The first-order chi connectivity index (χ1) is 23.6. The van der Waals surface area contributed by atoms with Crippen molar-refractivity contribution in [3.8, 4) is 0 Å². The first-order valence-electron chi connectivity index (χ1n) is 17.6. The van der Waals surface area contributed by atoms with E-state index in [1.54, 1.807) is 0 Å². The van der Waals surface area contributed by atoms with Gasteiger partial charge in [0.2, 0.25) is 0 Å². The Bertz CT molecular complexity index is 1510. The Kier molecular flexibility index (Phi) is 13.7. The van der Waals surface area contributed by atoms with Crippen LogP contribution in [0.3, 0.4) is 0 Å². The van der Waals surface area contributed by atoms with Gasteiger partial charge in [0.25, 0.3) is 0 Å². The topological polar surface area (TPSA) is 24.1 Å². The fourth-order valence-electron chi connectivity index (χ4n) is 5.96. The summed E-state index contributed by atoms with van der Waals surface area (Å²) in [5.74, 6) is 0. The Morgan fingerprint density at radius 2 is 0.816 bits per heavy atom. The molecule has 0 saturated heterocycles. The fraction of sp³-hybridized carbons (Fsp3) is 0.318. The van der Waals surface area contributed by atoms with Crippen molar-refractivity contribution in [2.24, 2.45) is 0 Å². The Morgan fingerprint density at radius 3 is 1.10 bits per heavy atom. The number of hydrogen-bond acceptors (Lipinski definition) is 3. The van der Waals surface area contributed by atoms with E-state index in [1.807, 2.05) is 11.8 Å². The van der Waals surface area contributed by atoms with Gasteiger partial charge in [0, 0.05) is 22.7 Å². The van der Waals surface area contributed by atoms with Crippen molar-refractivity contribution < 1.29 is 0 Å². The normalized spacial score (nSPS) is 12.2. The van der Waals surface area contributed by atoms with E-state index < -0.39 is 15.8 Å². The average Bonchev–Trinajstić information content (AvgIpc) is 3.09. The molecule has 0 bridgehead atoms. The molecule has 0 aliphatic rings. The second kappa shape index (κ2) is 17.9. The third-order valence-corrected chi connectivity index (χ3v) is 14.8. The summed E-state index contributed by atoms with van der Waals surface area (Å²) in [7, 11) is -0.836. The van der Waals surface area contributed by atoms with Crippen LogP contribution in [0.25, 0.3) is 0 Å². The zero-order valence-electron chi connectivity index (χ0n) is 30.2. The van der Waals surface area contributed by atoms with Gasteiger partial charge >= 0.3 is 0 Å². The molecule has 2 nitrogen and oxygen atoms in total. The molecule has 49 heavy (non-hydrogen) atoms. The summed E-state index contributed by atoms with van der Waals surface area (Å²) in [6, 6.07) is 49.2. The molecule has 0 aliphatic carbocycles. The predicted molar refractivity (Wildman–Crippen MR) is 222 cm³/mol. The molecule has 0 saturated carbocycles. The maximum atomic E-state index is 3.91. The fourth-order valence-corrected chi connectivity index (χ4v) is 11.6. The largest absolute Gasteiger partial charge is 0.312 e. The molecule has 0 spiro atoms. The van der Waals surface area contributed by atoms with Crippen molar-refractivity contribution in [1.29, 1.82) is 0 Å². The molecule has 0 unspecified atom stereocenters. The van der Waals surface area contributed by atoms with Gasteiger partial charge in [0.15, 0.2) is 0 Å². The van der Waals surface area contributed by atoms with E-state index in [9.17, 15) is 0 Å². The second-order valence-corrected chi connectivity index (χ2v) is 21.1. The molecular formula is C44H54N2P2S. The Hall–Kier alpha value is -2.77. The quantitative estimate of drug-likeness (QED) is 0.0646. The van der Waals surface area contributed by atoms with Crippen LogP contribution in [-0.2, 0) is 18.5 Å². The minimum Gasteiger partial charge on any atom is -0.312 e. The molecule has 2 N–H and O–H groups in total. The summed E-state index contributed by atoms with van der Waals surface area (Å²) < 4.78 is 0.108. The highest BCUT2D eigenvalue weighted by molar-refractivity contribution is 8.00. The highest BCUT2D eigenvalue weighted by Crippen LogP contribution is 2.40. The number of rotatable bonds is 15. The van der Waals surface area contributed by atoms with Crippen LogP contribution in [0.5, 0.6) is 0 Å². The number of thioether (sulfide) groups is 1. The van der Waals surface area contributed by atoms with Crippen LogP contribution < -0.4 is 31.9 Å². The average molecular weight is 705 g/mol. The zero-order chi connectivity index (χ0) is 34.7. The van der Waals surface area contributed by atoms with Gasteiger partial charge in [0.05, 0.1) is 0 Å². The van der Waals surface area contributed by atoms with Crippen molar-refractivity contribution in [3.05, 3.63) is 150 Å². The van der Waals surface area contributed by atoms with Gasteiger partial charge < -0.3 is 10.6 Å². The van der Waals surface area contributed by atoms with Crippen LogP contribution in [0.1, 0.15) is 58.2 Å². The summed E-state index contributed by atoms with van der Waals surface area (Å²) in [5.41, 5.74) is 4.32. The molecule has 5 heteroatoms. The zero-order valence-corrected chi connectivity index (χ0v) is 32.9. The van der Waals surface area contributed by atoms with E-state index in [2.05, 4.69) is 186 Å². The minimum absolute atomic E-state index is 0.0678. The van der Waals surface area contributed by atoms with Gasteiger partial charge in [-0.05, 0) is 84.6 Å². The van der Waals surface area contributed by atoms with E-state index >= 15 is 0 Å². The first kappa shape index (κ1) is 37.5. The highest BCUT2D eigenvalue weighted by atomic mass is 32.2. The minimum atomic E-state index is -0.418. The van der Waals surface area contributed by atoms with Crippen molar-refractivity contribution >= 4 is 48.8 Å². The van der Waals surface area contributed by atoms with Crippen LogP contribution in [-0.4, -0.2) is 30.2 Å². The van der Waals surface area contributed by atoms with Crippen LogP contribution in [0.2, 0.25) is 0 Å². The third kappa shape index (κ3) is 11.4. The molecule has 0 heterocycles. The van der Waals surface area contributed by atoms with Gasteiger partial charge in [-0.2, -0.15) is 0 Å². The number of benzene rings is 5. The molecule has 5 rings (SSSR count). The standard InChI is InChI=1S/C44H54N2P2S/c1-43(2,3)37-31-35(33-45-27-29-47(38-19-11-7-12-20-38)39-21-13-8-14-22-39)42(49-44(4,5)6)36(32-37)34-46-28-30-48(40-23-15-9-16-24-40)41-25-17-10-18-26-41/h7-26,31-32,45-46H,27-30,33-34H2,1-6H3. The molecule has 5 aromatic carbocycles. The lowest BCUT2D eigenvalue weighted by Gasteiger charge is -2.28. The molecule has 256 valence electrons. The van der Waals surface area contributed by atoms with Gasteiger partial charge in [-0.15, -0.1) is 11.8 Å². The molecule has 0 amide bonds. The van der Waals surface area contributed by atoms with Gasteiger partial charge in [-0.1, -0.05) is 175 Å². The van der Waals surface area contributed by atoms with E-state index in [0.717, 1.165) is 38.5 Å². The SMILES string of the molecule is CC(C)(C)Sc1c(CNCCP(c2ccccc2)c2ccccc2)cc(C(C)(C)C)cc1CNCCP(c1ccccc1)c1ccccc1. The monoisotopic (exact) mass is 704 g/mol. The van der Waals surface area contributed by atoms with E-state index in [1.165, 1.54) is 42.8 Å². The summed E-state index contributed by atoms with van der Waals surface area (Å²) in [5, 5.41) is 13.6. The number of nitrogens with one attached hydrogen (secondary N) is 2. The number of hydrogen-bond donors (Lipinski definition) is 2. The Morgan fingerprint density at radius 1 is 0.490 bits per heavy atom. The first-order valence-corrected chi connectivity index (χ1v) is 21.5. The van der Waals surface area contributed by atoms with Gasteiger partial charge in [-0.3, -0.25) is 0 Å². The Labute approximate surface area is 303 Å². The predicted octanol–water partition coefficient (Wildman–Crippen LogP) is 9.32. The second-order valence-electron chi connectivity index (χ2n) is 14.6. The van der Waals surface area contributed by atoms with Crippen LogP contribution >= 0.6 is 27.6 Å². The summed E-state index contributed by atoms with van der Waals surface area (Å²) in [6.07, 6.45) is 2.23. The van der Waals surface area contributed by atoms with Gasteiger partial charge in [-0.25, -0.2) is 0 Å². The summed E-state index contributed by atoms with van der Waals surface area (Å²) in [6.45, 7) is 17.7. The highest BCUT2D eigenvalue weighted by Gasteiger charge is 2.23. The lowest BCUT2D eigenvalue weighted by Crippen LogP contribution is -2.25. The smallest absolute Gasteiger partial charge is 0.0216 e. The van der Waals surface area contributed by atoms with E-state index in [4.69, 9.17) is 0 Å². The summed E-state index contributed by atoms with van der Waals surface area (Å²) in [4.78, 5) is 1.43. The van der Waals surface area contributed by atoms with Crippen LogP contribution in [0.15, 0.2) is 138 Å². The maximum absolute atomic E-state index is 3.91. The molecule has 0 aromatic heterocycles. The van der Waals surface area contributed by atoms with E-state index in [-0.39, 0.29) is 10.2 Å². The molecule has 0 radical (unpaired) electrons. The summed E-state index contributed by atoms with van der Waals surface area (Å²) >= 11 is 2.02. The molecular weight excluding hydrogens is 651 g/mol. The maximum Gasteiger partial charge on any atom is 0.0216 e. The third-order valence-electron chi connectivity index (χ3n) is 8.44. The van der Waals surface area contributed by atoms with Gasteiger partial charge in [0.1, 0.15) is 0 Å². The molecule has 0 atom stereocenters. The van der Waals surface area contributed by atoms with Crippen molar-refractivity contribution in [2.45, 2.75) is 69.7 Å². The molecule has 5 aromatic rings. The van der Waals surface area contributed by atoms with E-state index in [0.29, 0.717) is 0 Å². The van der Waals surface area contributed by atoms with Crippen molar-refractivity contribution in [1.82, 2.24) is 10.6 Å². The molecule has 0 aliphatic heterocycles. The van der Waals surface area contributed by atoms with Crippen LogP contribution in [0, 0.1) is 0 Å². The Balaban J connectivity index is 1.33. The van der Waals surface area contributed by atoms with Crippen molar-refractivity contribution in [2.75, 3.05) is 25.4 Å². The lowest BCUT2D eigenvalue weighted by atomic mass is 9.85. The van der Waals surface area contributed by atoms with Crippen LogP contribution in [0.4, 0.5) is 0 Å². The lowest BCUT2D eigenvalue weighted by molar-refractivity contribution is 0.583. The van der Waals surface area contributed by atoms with Crippen molar-refractivity contribution in [3.63, 3.8) is 0 Å².